The van der Waals surface area contributed by atoms with Gasteiger partial charge in [0.2, 0.25) is 0 Å². The highest BCUT2D eigenvalue weighted by Gasteiger charge is 2.39. The minimum absolute atomic E-state index is 0.0417. The number of rotatable bonds is 4. The van der Waals surface area contributed by atoms with E-state index in [1.807, 2.05) is 14.0 Å². The quantitative estimate of drug-likeness (QED) is 0.837. The molecule has 0 heterocycles. The third-order valence-electron chi connectivity index (χ3n) is 4.57. The van der Waals surface area contributed by atoms with Gasteiger partial charge in [-0.2, -0.15) is 0 Å². The maximum atomic E-state index is 13.7. The van der Waals surface area contributed by atoms with Crippen LogP contribution in [0.15, 0.2) is 18.2 Å². The molecule has 0 radical (unpaired) electrons. The van der Waals surface area contributed by atoms with Gasteiger partial charge < -0.3 is 10.1 Å². The van der Waals surface area contributed by atoms with Gasteiger partial charge in [0, 0.05) is 7.11 Å². The Morgan fingerprint density at radius 1 is 1.15 bits per heavy atom. The van der Waals surface area contributed by atoms with Crippen LogP contribution >= 0.6 is 0 Å². The van der Waals surface area contributed by atoms with E-state index in [0.29, 0.717) is 0 Å². The summed E-state index contributed by atoms with van der Waals surface area (Å²) >= 11 is 0. The maximum Gasteiger partial charge on any atom is 0.123 e. The van der Waals surface area contributed by atoms with Crippen LogP contribution in [-0.4, -0.2) is 19.8 Å². The Balaban J connectivity index is 2.37. The SMILES string of the molecule is CNC(c1cc(C)cc(F)c1)C1(OC)CCCCCC1. The standard InChI is InChI=1S/C17H26FNO/c1-13-10-14(12-15(18)11-13)16(19-2)17(20-3)8-6-4-5-7-9-17/h10-12,16,19H,4-9H2,1-3H3. The molecule has 0 spiro atoms. The Morgan fingerprint density at radius 2 is 1.80 bits per heavy atom. The molecular formula is C17H26FNO. The summed E-state index contributed by atoms with van der Waals surface area (Å²) in [5.74, 6) is -0.167. The number of methoxy groups -OCH3 is 1. The molecule has 0 aromatic heterocycles. The lowest BCUT2D eigenvalue weighted by Crippen LogP contribution is -2.44. The molecule has 2 rings (SSSR count). The predicted octanol–water partition coefficient (Wildman–Crippen LogP) is 4.13. The first kappa shape index (κ1) is 15.5. The van der Waals surface area contributed by atoms with Gasteiger partial charge in [-0.3, -0.25) is 0 Å². The van der Waals surface area contributed by atoms with Gasteiger partial charge in [0.1, 0.15) is 5.82 Å². The van der Waals surface area contributed by atoms with Gasteiger partial charge >= 0.3 is 0 Å². The van der Waals surface area contributed by atoms with Crippen LogP contribution in [0.5, 0.6) is 0 Å². The third kappa shape index (κ3) is 3.21. The van der Waals surface area contributed by atoms with Crippen LogP contribution in [0.1, 0.15) is 55.7 Å². The van der Waals surface area contributed by atoms with E-state index in [2.05, 4.69) is 11.4 Å². The monoisotopic (exact) mass is 279 g/mol. The van der Waals surface area contributed by atoms with Crippen LogP contribution in [0.25, 0.3) is 0 Å². The lowest BCUT2D eigenvalue weighted by molar-refractivity contribution is -0.0523. The molecule has 0 aliphatic heterocycles. The van der Waals surface area contributed by atoms with Gasteiger partial charge in [0.15, 0.2) is 0 Å². The van der Waals surface area contributed by atoms with Crippen LogP contribution < -0.4 is 5.32 Å². The van der Waals surface area contributed by atoms with Crippen molar-refractivity contribution in [1.82, 2.24) is 5.32 Å². The summed E-state index contributed by atoms with van der Waals surface area (Å²) in [7, 11) is 3.73. The highest BCUT2D eigenvalue weighted by molar-refractivity contribution is 5.28. The molecule has 0 saturated heterocycles. The largest absolute Gasteiger partial charge is 0.376 e. The Labute approximate surface area is 121 Å². The lowest BCUT2D eigenvalue weighted by atomic mass is 9.82. The maximum absolute atomic E-state index is 13.7. The van der Waals surface area contributed by atoms with Crippen molar-refractivity contribution in [2.24, 2.45) is 0 Å². The Morgan fingerprint density at radius 3 is 2.30 bits per heavy atom. The number of halogens is 1. The molecule has 1 aliphatic carbocycles. The normalized spacial score (nSPS) is 20.4. The van der Waals surface area contributed by atoms with Crippen molar-refractivity contribution in [3.05, 3.63) is 35.1 Å². The fraction of sp³-hybridized carbons (Fsp3) is 0.647. The van der Waals surface area contributed by atoms with Crippen molar-refractivity contribution in [3.8, 4) is 0 Å². The summed E-state index contributed by atoms with van der Waals surface area (Å²) in [5, 5.41) is 3.37. The average Bonchev–Trinajstić information content (AvgIpc) is 2.65. The molecule has 3 heteroatoms. The molecular weight excluding hydrogens is 253 g/mol. The molecule has 1 aromatic rings. The van der Waals surface area contributed by atoms with E-state index in [-0.39, 0.29) is 17.5 Å². The topological polar surface area (TPSA) is 21.3 Å². The van der Waals surface area contributed by atoms with Crippen molar-refractivity contribution in [2.75, 3.05) is 14.2 Å². The second kappa shape index (κ2) is 6.68. The molecule has 1 fully saturated rings. The molecule has 1 aliphatic rings. The molecule has 112 valence electrons. The highest BCUT2D eigenvalue weighted by atomic mass is 19.1. The molecule has 1 saturated carbocycles. The van der Waals surface area contributed by atoms with Crippen LogP contribution in [0.2, 0.25) is 0 Å². The Bertz CT molecular complexity index is 418. The number of nitrogens with one attached hydrogen (secondary N) is 1. The first-order valence-electron chi connectivity index (χ1n) is 7.61. The fourth-order valence-electron chi connectivity index (χ4n) is 3.60. The molecule has 20 heavy (non-hydrogen) atoms. The molecule has 1 atom stereocenters. The van der Waals surface area contributed by atoms with Gasteiger partial charge in [0.05, 0.1) is 11.6 Å². The van der Waals surface area contributed by atoms with Gasteiger partial charge in [0.25, 0.3) is 0 Å². The Hall–Kier alpha value is -0.930. The van der Waals surface area contributed by atoms with E-state index < -0.39 is 0 Å². The molecule has 1 N–H and O–H groups in total. The van der Waals surface area contributed by atoms with Crippen molar-refractivity contribution in [1.29, 1.82) is 0 Å². The first-order chi connectivity index (χ1) is 9.61. The third-order valence-corrected chi connectivity index (χ3v) is 4.57. The van der Waals surface area contributed by atoms with E-state index in [4.69, 9.17) is 4.74 Å². The molecule has 1 aromatic carbocycles. The summed E-state index contributed by atoms with van der Waals surface area (Å²) in [6, 6.07) is 5.32. The van der Waals surface area contributed by atoms with Crippen LogP contribution in [0, 0.1) is 12.7 Å². The average molecular weight is 279 g/mol. The summed E-state index contributed by atoms with van der Waals surface area (Å²) in [4.78, 5) is 0. The van der Waals surface area contributed by atoms with E-state index >= 15 is 0 Å². The minimum Gasteiger partial charge on any atom is -0.376 e. The van der Waals surface area contributed by atoms with Gasteiger partial charge in [-0.25, -0.2) is 4.39 Å². The van der Waals surface area contributed by atoms with E-state index in [9.17, 15) is 4.39 Å². The smallest absolute Gasteiger partial charge is 0.123 e. The zero-order valence-electron chi connectivity index (χ0n) is 12.8. The van der Waals surface area contributed by atoms with Crippen LogP contribution in [0.3, 0.4) is 0 Å². The summed E-state index contributed by atoms with van der Waals surface area (Å²) < 4.78 is 19.7. The molecule has 0 bridgehead atoms. The Kier molecular flexibility index (Phi) is 5.17. The first-order valence-corrected chi connectivity index (χ1v) is 7.61. The minimum atomic E-state index is -0.217. The number of aryl methyl sites for hydroxylation is 1. The number of hydrogen-bond donors (Lipinski definition) is 1. The second-order valence-corrected chi connectivity index (χ2v) is 5.97. The highest BCUT2D eigenvalue weighted by Crippen LogP contribution is 2.40. The summed E-state index contributed by atoms with van der Waals surface area (Å²) in [6.45, 7) is 1.94. The summed E-state index contributed by atoms with van der Waals surface area (Å²) in [6.07, 6.45) is 6.96. The number of likely N-dealkylation sites (N-methyl/N-ethyl adjacent to an activating group) is 1. The zero-order chi connectivity index (χ0) is 14.6. The lowest BCUT2D eigenvalue weighted by Gasteiger charge is -2.39. The summed E-state index contributed by atoms with van der Waals surface area (Å²) in [5.41, 5.74) is 1.74. The second-order valence-electron chi connectivity index (χ2n) is 5.97. The van der Waals surface area contributed by atoms with Crippen LogP contribution in [-0.2, 0) is 4.74 Å². The van der Waals surface area contributed by atoms with Gasteiger partial charge in [-0.1, -0.05) is 31.7 Å². The molecule has 1 unspecified atom stereocenters. The number of hydrogen-bond acceptors (Lipinski definition) is 2. The predicted molar refractivity (Wildman–Crippen MR) is 80.4 cm³/mol. The van der Waals surface area contributed by atoms with Crippen molar-refractivity contribution >= 4 is 0 Å². The molecule has 0 amide bonds. The van der Waals surface area contributed by atoms with Crippen LogP contribution in [0.4, 0.5) is 4.39 Å². The van der Waals surface area contributed by atoms with Crippen molar-refractivity contribution in [3.63, 3.8) is 0 Å². The zero-order valence-corrected chi connectivity index (χ0v) is 12.8. The van der Waals surface area contributed by atoms with Gasteiger partial charge in [-0.15, -0.1) is 0 Å². The number of ether oxygens (including phenoxy) is 1. The number of benzene rings is 1. The van der Waals surface area contributed by atoms with E-state index in [0.717, 1.165) is 24.0 Å². The van der Waals surface area contributed by atoms with E-state index in [1.54, 1.807) is 19.2 Å². The van der Waals surface area contributed by atoms with Crippen molar-refractivity contribution in [2.45, 2.75) is 57.1 Å². The van der Waals surface area contributed by atoms with E-state index in [1.165, 1.54) is 25.7 Å². The fourth-order valence-corrected chi connectivity index (χ4v) is 3.60. The van der Waals surface area contributed by atoms with Crippen molar-refractivity contribution < 1.29 is 9.13 Å². The molecule has 2 nitrogen and oxygen atoms in total. The van der Waals surface area contributed by atoms with Gasteiger partial charge in [-0.05, 0) is 50.1 Å².